The number of hydrogen-bond acceptors (Lipinski definition) is 7. The molecule has 0 bridgehead atoms. The van der Waals surface area contributed by atoms with Gasteiger partial charge in [0, 0.05) is 19.1 Å². The van der Waals surface area contributed by atoms with Gasteiger partial charge in [-0.2, -0.15) is 0 Å². The van der Waals surface area contributed by atoms with Crippen molar-refractivity contribution in [1.82, 2.24) is 11.0 Å². The molecule has 0 aromatic heterocycles. The number of carbonyl (C=O) groups is 2. The van der Waals surface area contributed by atoms with Gasteiger partial charge in [0.05, 0.1) is 4.90 Å². The number of nitrogens with one attached hydrogen (secondary N) is 2. The van der Waals surface area contributed by atoms with Crippen molar-refractivity contribution >= 4 is 32.8 Å². The number of hydroxylamine groups is 2. The Hall–Kier alpha value is -1.66. The van der Waals surface area contributed by atoms with E-state index in [0.29, 0.717) is 0 Å². The molecule has 0 saturated carbocycles. The average molecular weight is 364 g/mol. The fourth-order valence-electron chi connectivity index (χ4n) is 1.71. The van der Waals surface area contributed by atoms with E-state index >= 15 is 0 Å². The highest BCUT2D eigenvalue weighted by Crippen LogP contribution is 2.21. The van der Waals surface area contributed by atoms with Gasteiger partial charge in [-0.3, -0.25) is 20.0 Å². The molecule has 0 radical (unpaired) electrons. The summed E-state index contributed by atoms with van der Waals surface area (Å²) in [6.07, 6.45) is 0.537. The molecule has 1 rings (SSSR count). The van der Waals surface area contributed by atoms with Crippen LogP contribution in [0.3, 0.4) is 0 Å². The Labute approximate surface area is 135 Å². The molecule has 128 valence electrons. The van der Waals surface area contributed by atoms with Crippen LogP contribution < -0.4 is 11.0 Å². The van der Waals surface area contributed by atoms with E-state index < -0.39 is 38.1 Å². The number of benzene rings is 1. The lowest BCUT2D eigenvalue weighted by atomic mass is 10.2. The molecule has 2 amide bonds. The molecule has 11 heteroatoms. The molecule has 0 saturated heterocycles. The molecule has 1 aromatic carbocycles. The zero-order valence-corrected chi connectivity index (χ0v) is 13.7. The number of hydrogen-bond donors (Lipinski definition) is 4. The maximum Gasteiger partial charge on any atom is 0.296 e. The molecular weight excluding hydrogens is 348 g/mol. The third-order valence-corrected chi connectivity index (χ3v) is 5.74. The first-order valence-electron chi connectivity index (χ1n) is 6.28. The van der Waals surface area contributed by atoms with Crippen LogP contribution in [0.2, 0.25) is 0 Å². The van der Waals surface area contributed by atoms with Crippen molar-refractivity contribution in [2.75, 3.05) is 6.26 Å². The highest BCUT2D eigenvalue weighted by Gasteiger charge is 2.32. The molecule has 0 aliphatic heterocycles. The van der Waals surface area contributed by atoms with Crippen LogP contribution in [0.15, 0.2) is 34.1 Å². The SMILES string of the molecule is CS(=O)(=O)c1ccc([S+]([O-])C(CCC(=O)NO)C(=O)NO)cc1. The lowest BCUT2D eigenvalue weighted by Crippen LogP contribution is -2.39. The summed E-state index contributed by atoms with van der Waals surface area (Å²) in [7, 11) is -3.41. The van der Waals surface area contributed by atoms with E-state index in [-0.39, 0.29) is 22.6 Å². The third-order valence-electron chi connectivity index (χ3n) is 2.90. The molecule has 1 aromatic rings. The maximum atomic E-state index is 12.4. The fraction of sp³-hybridized carbons (Fsp3) is 0.333. The van der Waals surface area contributed by atoms with Crippen molar-refractivity contribution in [2.24, 2.45) is 0 Å². The smallest absolute Gasteiger partial charge is 0.296 e. The van der Waals surface area contributed by atoms with Crippen LogP contribution in [0.4, 0.5) is 0 Å². The summed E-state index contributed by atoms with van der Waals surface area (Å²) in [6.45, 7) is 0. The Bertz CT molecular complexity index is 660. The van der Waals surface area contributed by atoms with Gasteiger partial charge in [0.1, 0.15) is 0 Å². The second kappa shape index (κ2) is 8.26. The van der Waals surface area contributed by atoms with Crippen LogP contribution in [-0.2, 0) is 30.6 Å². The minimum absolute atomic E-state index is 0.0288. The van der Waals surface area contributed by atoms with Gasteiger partial charge in [0.25, 0.3) is 5.91 Å². The second-order valence-electron chi connectivity index (χ2n) is 4.58. The van der Waals surface area contributed by atoms with E-state index in [0.717, 1.165) is 6.26 Å². The Kier molecular flexibility index (Phi) is 6.97. The van der Waals surface area contributed by atoms with Crippen LogP contribution >= 0.6 is 0 Å². The Balaban J connectivity index is 2.97. The van der Waals surface area contributed by atoms with E-state index in [1.807, 2.05) is 0 Å². The lowest BCUT2D eigenvalue weighted by molar-refractivity contribution is -0.130. The Morgan fingerprint density at radius 2 is 1.78 bits per heavy atom. The van der Waals surface area contributed by atoms with Gasteiger partial charge in [-0.15, -0.1) is 0 Å². The van der Waals surface area contributed by atoms with Gasteiger partial charge in [0.15, 0.2) is 14.7 Å². The van der Waals surface area contributed by atoms with E-state index in [2.05, 4.69) is 0 Å². The molecule has 0 fully saturated rings. The van der Waals surface area contributed by atoms with Crippen LogP contribution in [0.5, 0.6) is 0 Å². The molecule has 0 heterocycles. The van der Waals surface area contributed by atoms with Crippen molar-refractivity contribution < 1.29 is 33.0 Å². The minimum atomic E-state index is -3.41. The zero-order chi connectivity index (χ0) is 17.6. The standard InChI is InChI=1S/C12H16N2O7S2/c1-23(20,21)9-4-2-8(3-5-9)22(19)10(12(16)14-18)6-7-11(15)13-17/h2-5,10,17-18H,6-7H2,1H3,(H,13,15)(H,14,16). The molecule has 2 atom stereocenters. The summed E-state index contributed by atoms with van der Waals surface area (Å²) in [6, 6.07) is 5.07. The normalized spacial score (nSPS) is 13.9. The van der Waals surface area contributed by atoms with Crippen molar-refractivity contribution in [1.29, 1.82) is 0 Å². The largest absolute Gasteiger partial charge is 0.611 e. The summed E-state index contributed by atoms with van der Waals surface area (Å²) in [4.78, 5) is 22.8. The first-order chi connectivity index (χ1) is 10.7. The molecule has 2 unspecified atom stereocenters. The minimum Gasteiger partial charge on any atom is -0.611 e. The molecule has 0 aliphatic rings. The molecule has 0 aliphatic carbocycles. The van der Waals surface area contributed by atoms with E-state index in [4.69, 9.17) is 10.4 Å². The number of amides is 2. The summed E-state index contributed by atoms with van der Waals surface area (Å²) in [5.74, 6) is -1.73. The molecule has 23 heavy (non-hydrogen) atoms. The van der Waals surface area contributed by atoms with Gasteiger partial charge in [-0.05, 0) is 35.4 Å². The number of rotatable bonds is 7. The van der Waals surface area contributed by atoms with Crippen molar-refractivity contribution in [3.8, 4) is 0 Å². The van der Waals surface area contributed by atoms with Gasteiger partial charge in [0.2, 0.25) is 11.2 Å². The topological polar surface area (TPSA) is 156 Å². The maximum absolute atomic E-state index is 12.4. The van der Waals surface area contributed by atoms with E-state index in [1.165, 1.54) is 35.2 Å². The van der Waals surface area contributed by atoms with Crippen molar-refractivity contribution in [3.05, 3.63) is 24.3 Å². The predicted molar refractivity (Wildman–Crippen MR) is 78.8 cm³/mol. The fourth-order valence-corrected chi connectivity index (χ4v) is 3.65. The van der Waals surface area contributed by atoms with Gasteiger partial charge in [-0.25, -0.2) is 19.4 Å². The first kappa shape index (κ1) is 19.4. The van der Waals surface area contributed by atoms with Crippen LogP contribution in [0.25, 0.3) is 0 Å². The van der Waals surface area contributed by atoms with Crippen molar-refractivity contribution in [3.63, 3.8) is 0 Å². The van der Waals surface area contributed by atoms with Crippen LogP contribution in [-0.4, -0.2) is 46.7 Å². The van der Waals surface area contributed by atoms with Gasteiger partial charge >= 0.3 is 0 Å². The lowest BCUT2D eigenvalue weighted by Gasteiger charge is -2.19. The first-order valence-corrected chi connectivity index (χ1v) is 9.38. The van der Waals surface area contributed by atoms with Crippen LogP contribution in [0.1, 0.15) is 12.8 Å². The van der Waals surface area contributed by atoms with Crippen molar-refractivity contribution in [2.45, 2.75) is 27.9 Å². The summed E-state index contributed by atoms with van der Waals surface area (Å²) < 4.78 is 35.1. The quantitative estimate of drug-likeness (QED) is 0.285. The summed E-state index contributed by atoms with van der Waals surface area (Å²) in [5.41, 5.74) is 2.75. The Morgan fingerprint density at radius 3 is 2.22 bits per heavy atom. The highest BCUT2D eigenvalue weighted by molar-refractivity contribution is 7.93. The Morgan fingerprint density at radius 1 is 1.22 bits per heavy atom. The second-order valence-corrected chi connectivity index (χ2v) is 8.23. The molecule has 9 nitrogen and oxygen atoms in total. The zero-order valence-electron chi connectivity index (χ0n) is 12.1. The molecular formula is C12H16N2O7S2. The van der Waals surface area contributed by atoms with E-state index in [1.54, 1.807) is 0 Å². The third kappa shape index (κ3) is 5.48. The molecule has 0 spiro atoms. The monoisotopic (exact) mass is 364 g/mol. The number of sulfone groups is 1. The van der Waals surface area contributed by atoms with Gasteiger partial charge < -0.3 is 4.55 Å². The van der Waals surface area contributed by atoms with Crippen LogP contribution in [0, 0.1) is 0 Å². The highest BCUT2D eigenvalue weighted by atomic mass is 32.2. The molecule has 4 N–H and O–H groups in total. The van der Waals surface area contributed by atoms with E-state index in [9.17, 15) is 22.6 Å². The summed E-state index contributed by atoms with van der Waals surface area (Å²) >= 11 is -1.93. The predicted octanol–water partition coefficient (Wildman–Crippen LogP) is -0.643. The average Bonchev–Trinajstić information content (AvgIpc) is 2.53. The summed E-state index contributed by atoms with van der Waals surface area (Å²) in [5, 5.41) is 15.9. The number of carbonyl (C=O) groups excluding carboxylic acids is 2. The van der Waals surface area contributed by atoms with Gasteiger partial charge in [-0.1, -0.05) is 0 Å².